The van der Waals surface area contributed by atoms with Gasteiger partial charge in [-0.3, -0.25) is 9.67 Å². The Morgan fingerprint density at radius 3 is 2.64 bits per heavy atom. The van der Waals surface area contributed by atoms with Crippen LogP contribution in [0.15, 0.2) is 49.1 Å². The highest BCUT2D eigenvalue weighted by molar-refractivity contribution is 5.81. The van der Waals surface area contributed by atoms with Crippen LogP contribution in [0.3, 0.4) is 0 Å². The first kappa shape index (κ1) is 16.6. The van der Waals surface area contributed by atoms with E-state index in [2.05, 4.69) is 30.5 Å². The van der Waals surface area contributed by atoms with Gasteiger partial charge in [-0.2, -0.15) is 10.2 Å². The highest BCUT2D eigenvalue weighted by atomic mass is 15.2. The first-order valence-corrected chi connectivity index (χ1v) is 9.35. The van der Waals surface area contributed by atoms with Gasteiger partial charge >= 0.3 is 0 Å². The maximum absolute atomic E-state index is 4.71. The molecule has 8 heteroatoms. The van der Waals surface area contributed by atoms with Crippen LogP contribution in [-0.4, -0.2) is 43.0 Å². The van der Waals surface area contributed by atoms with Crippen molar-refractivity contribution in [2.24, 2.45) is 7.05 Å². The van der Waals surface area contributed by atoms with E-state index in [1.807, 2.05) is 56.1 Å². The third kappa shape index (κ3) is 3.24. The summed E-state index contributed by atoms with van der Waals surface area (Å²) in [6.45, 7) is 2.14. The molecule has 0 bridgehead atoms. The van der Waals surface area contributed by atoms with Crippen molar-refractivity contribution in [3.05, 3.63) is 49.1 Å². The Balaban J connectivity index is 1.43. The highest BCUT2D eigenvalue weighted by Gasteiger charge is 2.13. The third-order valence-electron chi connectivity index (χ3n) is 4.94. The molecule has 1 N–H and O–H groups in total. The van der Waals surface area contributed by atoms with E-state index in [1.54, 1.807) is 4.68 Å². The molecule has 0 aliphatic carbocycles. The number of aryl methyl sites for hydroxylation is 1. The van der Waals surface area contributed by atoms with Gasteiger partial charge in [0.15, 0.2) is 5.82 Å². The smallest absolute Gasteiger partial charge is 0.156 e. The fourth-order valence-electron chi connectivity index (χ4n) is 3.50. The minimum Gasteiger partial charge on any atom is -0.370 e. The Bertz CT molecular complexity index is 1130. The van der Waals surface area contributed by atoms with Gasteiger partial charge in [0, 0.05) is 49.7 Å². The van der Waals surface area contributed by atoms with E-state index in [0.29, 0.717) is 11.6 Å². The molecule has 0 radical (unpaired) electrons. The minimum atomic E-state index is 0.688. The van der Waals surface area contributed by atoms with Gasteiger partial charge in [-0.15, -0.1) is 5.10 Å². The number of pyridine rings is 2. The van der Waals surface area contributed by atoms with E-state index in [1.165, 1.54) is 12.8 Å². The van der Waals surface area contributed by atoms with Crippen LogP contribution in [0.4, 0.5) is 17.3 Å². The second-order valence-corrected chi connectivity index (χ2v) is 6.98. The molecule has 140 valence electrons. The fourth-order valence-corrected chi connectivity index (χ4v) is 3.50. The lowest BCUT2D eigenvalue weighted by Gasteiger charge is -2.17. The normalized spacial score (nSPS) is 14.0. The molecule has 0 unspecified atom stereocenters. The molecule has 8 nitrogen and oxygen atoms in total. The number of hydrogen-bond donors (Lipinski definition) is 1. The van der Waals surface area contributed by atoms with Crippen molar-refractivity contribution < 1.29 is 0 Å². The Hall–Kier alpha value is -3.55. The number of nitrogens with one attached hydrogen (secondary N) is 1. The summed E-state index contributed by atoms with van der Waals surface area (Å²) in [4.78, 5) is 11.6. The molecule has 1 fully saturated rings. The molecule has 1 aliphatic heterocycles. The number of anilines is 3. The number of aromatic nitrogens is 6. The van der Waals surface area contributed by atoms with E-state index in [0.717, 1.165) is 40.9 Å². The lowest BCUT2D eigenvalue weighted by Crippen LogP contribution is -2.18. The van der Waals surface area contributed by atoms with Gasteiger partial charge in [0.1, 0.15) is 5.82 Å². The average molecular weight is 372 g/mol. The molecule has 0 amide bonds. The molecule has 5 heterocycles. The summed E-state index contributed by atoms with van der Waals surface area (Å²) < 4.78 is 1.77. The molecular weight excluding hydrogens is 352 g/mol. The second-order valence-electron chi connectivity index (χ2n) is 6.98. The molecule has 5 rings (SSSR count). The number of nitrogens with zero attached hydrogens (tertiary/aromatic N) is 7. The van der Waals surface area contributed by atoms with Gasteiger partial charge in [-0.05, 0) is 31.0 Å². The van der Waals surface area contributed by atoms with Crippen LogP contribution in [0.25, 0.3) is 22.2 Å². The Labute approximate surface area is 162 Å². The van der Waals surface area contributed by atoms with Crippen molar-refractivity contribution >= 4 is 28.4 Å². The van der Waals surface area contributed by atoms with Gasteiger partial charge in [0.25, 0.3) is 0 Å². The van der Waals surface area contributed by atoms with Crippen molar-refractivity contribution in [1.82, 2.24) is 29.9 Å². The van der Waals surface area contributed by atoms with E-state index >= 15 is 0 Å². The number of rotatable bonds is 4. The molecule has 0 spiro atoms. The minimum absolute atomic E-state index is 0.688. The summed E-state index contributed by atoms with van der Waals surface area (Å²) in [5, 5.41) is 15.8. The van der Waals surface area contributed by atoms with Gasteiger partial charge in [0.05, 0.1) is 29.1 Å². The lowest BCUT2D eigenvalue weighted by molar-refractivity contribution is 0.768. The van der Waals surface area contributed by atoms with Crippen molar-refractivity contribution in [1.29, 1.82) is 0 Å². The van der Waals surface area contributed by atoms with Crippen LogP contribution < -0.4 is 10.2 Å². The molecule has 0 aromatic carbocycles. The maximum atomic E-state index is 4.71. The summed E-state index contributed by atoms with van der Waals surface area (Å²) in [7, 11) is 1.90. The molecular formula is C20H20N8. The highest BCUT2D eigenvalue weighted by Crippen LogP contribution is 2.25. The average Bonchev–Trinajstić information content (AvgIpc) is 3.40. The SMILES string of the molecule is Cn1cc(-c2cnc3ccc(Nc4cc(N5CCCC5)cnn4)nc3c2)cn1. The van der Waals surface area contributed by atoms with Crippen LogP contribution in [0.2, 0.25) is 0 Å². The zero-order valence-corrected chi connectivity index (χ0v) is 15.6. The van der Waals surface area contributed by atoms with E-state index in [-0.39, 0.29) is 0 Å². The van der Waals surface area contributed by atoms with Crippen LogP contribution in [0, 0.1) is 0 Å². The Kier molecular flexibility index (Phi) is 4.08. The fraction of sp³-hybridized carbons (Fsp3) is 0.250. The first-order chi connectivity index (χ1) is 13.7. The standard InChI is InChI=1S/C20H20N8/c1-27-13-15(11-23-27)14-8-18-17(21-10-14)4-5-19(24-18)25-20-9-16(12-22-26-20)28-6-2-3-7-28/h4-5,8-13H,2-3,6-7H2,1H3,(H,24,25,26). The van der Waals surface area contributed by atoms with Crippen molar-refractivity contribution in [2.45, 2.75) is 12.8 Å². The molecule has 4 aromatic rings. The van der Waals surface area contributed by atoms with Gasteiger partial charge < -0.3 is 10.2 Å². The third-order valence-corrected chi connectivity index (χ3v) is 4.94. The van der Waals surface area contributed by atoms with Crippen molar-refractivity contribution in [3.8, 4) is 11.1 Å². The predicted molar refractivity (Wildman–Crippen MR) is 109 cm³/mol. The molecule has 1 aliphatic rings. The van der Waals surface area contributed by atoms with Gasteiger partial charge in [-0.25, -0.2) is 4.98 Å². The zero-order chi connectivity index (χ0) is 18.9. The number of fused-ring (bicyclic) bond motifs is 1. The van der Waals surface area contributed by atoms with Crippen LogP contribution in [0.5, 0.6) is 0 Å². The maximum Gasteiger partial charge on any atom is 0.156 e. The lowest BCUT2D eigenvalue weighted by atomic mass is 10.1. The van der Waals surface area contributed by atoms with E-state index in [9.17, 15) is 0 Å². The Morgan fingerprint density at radius 1 is 0.929 bits per heavy atom. The number of hydrogen-bond acceptors (Lipinski definition) is 7. The van der Waals surface area contributed by atoms with Gasteiger partial charge in [0.2, 0.25) is 0 Å². The van der Waals surface area contributed by atoms with E-state index < -0.39 is 0 Å². The first-order valence-electron chi connectivity index (χ1n) is 9.35. The van der Waals surface area contributed by atoms with Crippen LogP contribution >= 0.6 is 0 Å². The summed E-state index contributed by atoms with van der Waals surface area (Å²) in [6.07, 6.45) is 9.90. The summed E-state index contributed by atoms with van der Waals surface area (Å²) >= 11 is 0. The zero-order valence-electron chi connectivity index (χ0n) is 15.6. The molecule has 0 atom stereocenters. The molecule has 4 aromatic heterocycles. The van der Waals surface area contributed by atoms with Crippen molar-refractivity contribution in [2.75, 3.05) is 23.3 Å². The van der Waals surface area contributed by atoms with Crippen LogP contribution in [0.1, 0.15) is 12.8 Å². The second kappa shape index (κ2) is 6.88. The quantitative estimate of drug-likeness (QED) is 0.589. The summed E-state index contributed by atoms with van der Waals surface area (Å²) in [5.41, 5.74) is 4.75. The Morgan fingerprint density at radius 2 is 1.82 bits per heavy atom. The van der Waals surface area contributed by atoms with E-state index in [4.69, 9.17) is 4.98 Å². The topological polar surface area (TPSA) is 84.7 Å². The summed E-state index contributed by atoms with van der Waals surface area (Å²) in [6, 6.07) is 7.91. The van der Waals surface area contributed by atoms with Crippen LogP contribution in [-0.2, 0) is 7.05 Å². The predicted octanol–water partition coefficient (Wildman–Crippen LogP) is 3.16. The molecule has 0 saturated carbocycles. The summed E-state index contributed by atoms with van der Waals surface area (Å²) in [5.74, 6) is 1.40. The molecule has 28 heavy (non-hydrogen) atoms. The monoisotopic (exact) mass is 372 g/mol. The largest absolute Gasteiger partial charge is 0.370 e. The van der Waals surface area contributed by atoms with Gasteiger partial charge in [-0.1, -0.05) is 0 Å². The molecule has 1 saturated heterocycles. The van der Waals surface area contributed by atoms with Crippen molar-refractivity contribution in [3.63, 3.8) is 0 Å².